The number of hydrogen-bond acceptors (Lipinski definition) is 10. The van der Waals surface area contributed by atoms with Gasteiger partial charge < -0.3 is 25.4 Å². The topological polar surface area (TPSA) is 153 Å². The summed E-state index contributed by atoms with van der Waals surface area (Å²) >= 11 is 0. The summed E-state index contributed by atoms with van der Waals surface area (Å²) in [5, 5.41) is 15.8. The number of ether oxygens (including phenoxy) is 1. The van der Waals surface area contributed by atoms with Crippen LogP contribution in [0.25, 0.3) is 34.0 Å². The van der Waals surface area contributed by atoms with Gasteiger partial charge >= 0.3 is 0 Å². The molecule has 37 heavy (non-hydrogen) atoms. The number of rotatable bonds is 8. The van der Waals surface area contributed by atoms with Gasteiger partial charge in [-0.1, -0.05) is 17.3 Å². The van der Waals surface area contributed by atoms with Gasteiger partial charge in [0.25, 0.3) is 0 Å². The number of benzene rings is 2. The molecular formula is C26H27N5O5S. The largest absolute Gasteiger partial charge is 0.491 e. The standard InChI is InChI=1S/C26H27N5O5S/c27-26-25(24-14-22(31-36-24)17-3-7-19(8-4-17)35-13-12-32)30-23(16-29-26)18-5-9-20(10-6-18)37(33,34)21-2-1-11-28-15-21/h3-10,14,16,21,28,32H,1-2,11-13,15H2,(H2,27,29). The Balaban J connectivity index is 1.37. The first-order valence-corrected chi connectivity index (χ1v) is 13.5. The van der Waals surface area contributed by atoms with Gasteiger partial charge in [-0.15, -0.1) is 0 Å². The monoisotopic (exact) mass is 521 g/mol. The van der Waals surface area contributed by atoms with Crippen LogP contribution in [0.4, 0.5) is 5.82 Å². The summed E-state index contributed by atoms with van der Waals surface area (Å²) in [6, 6.07) is 15.6. The zero-order valence-electron chi connectivity index (χ0n) is 20.0. The maximum atomic E-state index is 13.0. The molecule has 0 amide bonds. The van der Waals surface area contributed by atoms with Crippen molar-refractivity contribution in [3.8, 4) is 39.7 Å². The first kappa shape index (κ1) is 24.9. The third-order valence-electron chi connectivity index (χ3n) is 6.22. The maximum absolute atomic E-state index is 13.0. The van der Waals surface area contributed by atoms with Gasteiger partial charge in [-0.05, 0) is 55.8 Å². The Morgan fingerprint density at radius 2 is 1.81 bits per heavy atom. The molecule has 2 aromatic carbocycles. The fraction of sp³-hybridized carbons (Fsp3) is 0.269. The van der Waals surface area contributed by atoms with Crippen LogP contribution in [0.3, 0.4) is 0 Å². The predicted octanol–water partition coefficient (Wildman–Crippen LogP) is 2.94. The second-order valence-electron chi connectivity index (χ2n) is 8.70. The lowest BCUT2D eigenvalue weighted by Gasteiger charge is -2.22. The van der Waals surface area contributed by atoms with Gasteiger partial charge in [0.1, 0.15) is 18.1 Å². The molecule has 4 N–H and O–H groups in total. The molecule has 10 nitrogen and oxygen atoms in total. The van der Waals surface area contributed by atoms with E-state index in [1.165, 1.54) is 6.20 Å². The van der Waals surface area contributed by atoms with Crippen LogP contribution in [-0.2, 0) is 9.84 Å². The average Bonchev–Trinajstić information content (AvgIpc) is 3.43. The molecule has 0 aliphatic carbocycles. The second-order valence-corrected chi connectivity index (χ2v) is 10.9. The number of aromatic nitrogens is 3. The molecule has 1 unspecified atom stereocenters. The Hall–Kier alpha value is -3.80. The van der Waals surface area contributed by atoms with Crippen LogP contribution in [0.5, 0.6) is 5.75 Å². The van der Waals surface area contributed by atoms with Crippen molar-refractivity contribution in [1.29, 1.82) is 0 Å². The highest BCUT2D eigenvalue weighted by Crippen LogP contribution is 2.31. The minimum atomic E-state index is -3.41. The number of aliphatic hydroxyl groups is 1. The Bertz CT molecular complexity index is 1460. The van der Waals surface area contributed by atoms with Gasteiger partial charge in [0.15, 0.2) is 27.1 Å². The van der Waals surface area contributed by atoms with E-state index >= 15 is 0 Å². The summed E-state index contributed by atoms with van der Waals surface area (Å²) in [5.74, 6) is 1.17. The number of anilines is 1. The summed E-state index contributed by atoms with van der Waals surface area (Å²) in [6.45, 7) is 1.48. The van der Waals surface area contributed by atoms with E-state index in [9.17, 15) is 8.42 Å². The van der Waals surface area contributed by atoms with E-state index in [2.05, 4.69) is 20.4 Å². The van der Waals surface area contributed by atoms with Crippen LogP contribution in [0.2, 0.25) is 0 Å². The molecule has 2 aromatic heterocycles. The molecule has 11 heteroatoms. The van der Waals surface area contributed by atoms with Crippen molar-refractivity contribution < 1.29 is 22.8 Å². The summed E-state index contributed by atoms with van der Waals surface area (Å²) in [7, 11) is -3.41. The van der Waals surface area contributed by atoms with Crippen LogP contribution >= 0.6 is 0 Å². The first-order valence-electron chi connectivity index (χ1n) is 11.9. The molecule has 0 saturated carbocycles. The number of hydrogen-bond donors (Lipinski definition) is 3. The number of piperidine rings is 1. The summed E-state index contributed by atoms with van der Waals surface area (Å²) in [6.07, 6.45) is 3.04. The molecule has 1 saturated heterocycles. The zero-order chi connectivity index (χ0) is 25.8. The molecule has 0 bridgehead atoms. The molecule has 1 aliphatic rings. The lowest BCUT2D eigenvalue weighted by atomic mass is 10.1. The van der Waals surface area contributed by atoms with Gasteiger partial charge in [-0.2, -0.15) is 0 Å². The molecule has 192 valence electrons. The van der Waals surface area contributed by atoms with E-state index in [1.807, 2.05) is 12.1 Å². The van der Waals surface area contributed by atoms with Crippen molar-refractivity contribution in [2.75, 3.05) is 32.0 Å². The quantitative estimate of drug-likeness (QED) is 0.315. The third-order valence-corrected chi connectivity index (χ3v) is 8.43. The SMILES string of the molecule is Nc1ncc(-c2ccc(S(=O)(=O)C3CCCNC3)cc2)nc1-c1cc(-c2ccc(OCCO)cc2)no1. The Kier molecular flexibility index (Phi) is 7.17. The summed E-state index contributed by atoms with van der Waals surface area (Å²) < 4.78 is 36.9. The third kappa shape index (κ3) is 5.33. The average molecular weight is 522 g/mol. The fourth-order valence-electron chi connectivity index (χ4n) is 4.22. The number of nitrogens with zero attached hydrogens (tertiary/aromatic N) is 3. The van der Waals surface area contributed by atoms with Crippen molar-refractivity contribution in [3.63, 3.8) is 0 Å². The Morgan fingerprint density at radius 1 is 1.08 bits per heavy atom. The van der Waals surface area contributed by atoms with Crippen LogP contribution < -0.4 is 15.8 Å². The van der Waals surface area contributed by atoms with Crippen molar-refractivity contribution >= 4 is 15.7 Å². The highest BCUT2D eigenvalue weighted by molar-refractivity contribution is 7.92. The molecule has 1 fully saturated rings. The molecule has 5 rings (SSSR count). The minimum Gasteiger partial charge on any atom is -0.491 e. The van der Waals surface area contributed by atoms with E-state index in [0.29, 0.717) is 52.0 Å². The lowest BCUT2D eigenvalue weighted by molar-refractivity contribution is 0.201. The van der Waals surface area contributed by atoms with Crippen molar-refractivity contribution in [1.82, 2.24) is 20.4 Å². The van der Waals surface area contributed by atoms with Crippen LogP contribution in [0.15, 0.2) is 70.2 Å². The van der Waals surface area contributed by atoms with Gasteiger partial charge in [-0.25, -0.2) is 18.4 Å². The number of nitrogens with two attached hydrogens (primary N) is 1. The fourth-order valence-corrected chi connectivity index (χ4v) is 5.93. The smallest absolute Gasteiger partial charge is 0.189 e. The van der Waals surface area contributed by atoms with E-state index in [0.717, 1.165) is 18.5 Å². The van der Waals surface area contributed by atoms with Gasteiger partial charge in [0, 0.05) is 23.7 Å². The molecule has 1 aliphatic heterocycles. The minimum absolute atomic E-state index is 0.0582. The summed E-state index contributed by atoms with van der Waals surface area (Å²) in [5.41, 5.74) is 9.05. The Labute approximate surface area is 214 Å². The maximum Gasteiger partial charge on any atom is 0.189 e. The van der Waals surface area contributed by atoms with Crippen molar-refractivity contribution in [2.24, 2.45) is 0 Å². The zero-order valence-corrected chi connectivity index (χ0v) is 20.8. The highest BCUT2D eigenvalue weighted by Gasteiger charge is 2.28. The molecule has 4 aromatic rings. The first-order chi connectivity index (χ1) is 18.0. The second kappa shape index (κ2) is 10.7. The Morgan fingerprint density at radius 3 is 2.51 bits per heavy atom. The molecular weight excluding hydrogens is 494 g/mol. The van der Waals surface area contributed by atoms with E-state index in [1.54, 1.807) is 42.5 Å². The number of nitrogen functional groups attached to an aromatic ring is 1. The van der Waals surface area contributed by atoms with Crippen LogP contribution in [0.1, 0.15) is 12.8 Å². The number of aliphatic hydroxyl groups excluding tert-OH is 1. The van der Waals surface area contributed by atoms with E-state index < -0.39 is 15.1 Å². The predicted molar refractivity (Wildman–Crippen MR) is 138 cm³/mol. The molecule has 1 atom stereocenters. The highest BCUT2D eigenvalue weighted by atomic mass is 32.2. The lowest BCUT2D eigenvalue weighted by Crippen LogP contribution is -2.38. The van der Waals surface area contributed by atoms with Gasteiger partial charge in [0.05, 0.1) is 28.6 Å². The van der Waals surface area contributed by atoms with Crippen molar-refractivity contribution in [2.45, 2.75) is 23.0 Å². The van der Waals surface area contributed by atoms with E-state index in [4.69, 9.17) is 20.1 Å². The summed E-state index contributed by atoms with van der Waals surface area (Å²) in [4.78, 5) is 9.18. The number of sulfone groups is 1. The van der Waals surface area contributed by atoms with E-state index in [-0.39, 0.29) is 19.0 Å². The molecule has 0 spiro atoms. The molecule has 0 radical (unpaired) electrons. The van der Waals surface area contributed by atoms with Crippen molar-refractivity contribution in [3.05, 3.63) is 60.8 Å². The van der Waals surface area contributed by atoms with Gasteiger partial charge in [-0.3, -0.25) is 0 Å². The normalized spacial score (nSPS) is 16.0. The van der Waals surface area contributed by atoms with Crippen LogP contribution in [-0.4, -0.2) is 60.2 Å². The number of nitrogens with one attached hydrogen (secondary N) is 1. The van der Waals surface area contributed by atoms with Crippen LogP contribution in [0, 0.1) is 0 Å². The molecule has 3 heterocycles. The van der Waals surface area contributed by atoms with Gasteiger partial charge in [0.2, 0.25) is 0 Å².